The molecular formula is C13H16FNO4. The first-order valence-electron chi connectivity index (χ1n) is 5.99. The average molecular weight is 269 g/mol. The van der Waals surface area contributed by atoms with Crippen molar-refractivity contribution < 1.29 is 23.4 Å². The molecule has 19 heavy (non-hydrogen) atoms. The highest BCUT2D eigenvalue weighted by molar-refractivity contribution is 5.95. The van der Waals surface area contributed by atoms with Crippen LogP contribution in [0.25, 0.3) is 0 Å². The number of nitrogen functional groups attached to an aromatic ring is 1. The van der Waals surface area contributed by atoms with Crippen LogP contribution in [0.15, 0.2) is 12.1 Å². The molecule has 104 valence electrons. The summed E-state index contributed by atoms with van der Waals surface area (Å²) in [7, 11) is 1.24. The number of hydrogen-bond donors (Lipinski definition) is 1. The maximum absolute atomic E-state index is 13.7. The largest absolute Gasteiger partial charge is 0.490 e. The van der Waals surface area contributed by atoms with E-state index >= 15 is 0 Å². The van der Waals surface area contributed by atoms with Crippen molar-refractivity contribution in [3.05, 3.63) is 23.5 Å². The third kappa shape index (κ3) is 3.14. The van der Waals surface area contributed by atoms with Gasteiger partial charge >= 0.3 is 5.97 Å². The molecule has 0 spiro atoms. The van der Waals surface area contributed by atoms with Gasteiger partial charge in [-0.05, 0) is 12.5 Å². The van der Waals surface area contributed by atoms with E-state index in [1.54, 1.807) is 0 Å². The fraction of sp³-hybridized carbons (Fsp3) is 0.462. The van der Waals surface area contributed by atoms with Crippen LogP contribution in [0, 0.1) is 11.7 Å². The quantitative estimate of drug-likeness (QED) is 0.664. The van der Waals surface area contributed by atoms with E-state index in [1.807, 2.05) is 0 Å². The number of ether oxygens (including phenoxy) is 3. The summed E-state index contributed by atoms with van der Waals surface area (Å²) in [4.78, 5) is 11.5. The fourth-order valence-corrected chi connectivity index (χ4v) is 1.89. The minimum Gasteiger partial charge on any atom is -0.490 e. The van der Waals surface area contributed by atoms with Crippen molar-refractivity contribution in [2.45, 2.75) is 6.42 Å². The second-order valence-electron chi connectivity index (χ2n) is 4.40. The summed E-state index contributed by atoms with van der Waals surface area (Å²) in [5, 5.41) is 0. The van der Waals surface area contributed by atoms with E-state index in [0.29, 0.717) is 19.8 Å². The first-order chi connectivity index (χ1) is 9.11. The van der Waals surface area contributed by atoms with E-state index in [2.05, 4.69) is 4.74 Å². The Balaban J connectivity index is 2.12. The minimum atomic E-state index is -0.619. The van der Waals surface area contributed by atoms with Gasteiger partial charge in [0.1, 0.15) is 0 Å². The number of rotatable bonds is 4. The summed E-state index contributed by atoms with van der Waals surface area (Å²) in [6.45, 7) is 1.66. The number of methoxy groups -OCH3 is 1. The van der Waals surface area contributed by atoms with E-state index in [-0.39, 0.29) is 22.9 Å². The Kier molecular flexibility index (Phi) is 4.21. The smallest absolute Gasteiger partial charge is 0.340 e. The van der Waals surface area contributed by atoms with Crippen molar-refractivity contribution in [2.75, 3.05) is 32.7 Å². The molecule has 1 aliphatic heterocycles. The first kappa shape index (κ1) is 13.6. The highest BCUT2D eigenvalue weighted by Gasteiger charge is 2.19. The van der Waals surface area contributed by atoms with Crippen LogP contribution in [0.4, 0.5) is 10.1 Å². The third-order valence-corrected chi connectivity index (χ3v) is 3.01. The Morgan fingerprint density at radius 3 is 3.00 bits per heavy atom. The molecular weight excluding hydrogens is 253 g/mol. The SMILES string of the molecule is COC(=O)c1cc(OCC2CCOC2)c(F)cc1N. The Labute approximate surface area is 110 Å². The highest BCUT2D eigenvalue weighted by Crippen LogP contribution is 2.26. The number of benzene rings is 1. The van der Waals surface area contributed by atoms with E-state index < -0.39 is 11.8 Å². The molecule has 5 nitrogen and oxygen atoms in total. The lowest BCUT2D eigenvalue weighted by Gasteiger charge is -2.13. The summed E-state index contributed by atoms with van der Waals surface area (Å²) in [5.74, 6) is -0.962. The van der Waals surface area contributed by atoms with Gasteiger partial charge in [0.05, 0.1) is 25.9 Å². The van der Waals surface area contributed by atoms with Crippen LogP contribution in [0.5, 0.6) is 5.75 Å². The second kappa shape index (κ2) is 5.88. The molecule has 1 atom stereocenters. The van der Waals surface area contributed by atoms with E-state index in [1.165, 1.54) is 13.2 Å². The predicted molar refractivity (Wildman–Crippen MR) is 66.6 cm³/mol. The summed E-state index contributed by atoms with van der Waals surface area (Å²) in [5.41, 5.74) is 5.70. The van der Waals surface area contributed by atoms with Crippen molar-refractivity contribution in [2.24, 2.45) is 5.92 Å². The van der Waals surface area contributed by atoms with Gasteiger partial charge in [-0.2, -0.15) is 0 Å². The molecule has 1 aliphatic rings. The Morgan fingerprint density at radius 2 is 2.37 bits per heavy atom. The van der Waals surface area contributed by atoms with Gasteiger partial charge in [0.15, 0.2) is 11.6 Å². The Hall–Kier alpha value is -1.82. The molecule has 2 rings (SSSR count). The van der Waals surface area contributed by atoms with Gasteiger partial charge in [-0.1, -0.05) is 0 Å². The maximum Gasteiger partial charge on any atom is 0.340 e. The summed E-state index contributed by atoms with van der Waals surface area (Å²) in [6, 6.07) is 2.33. The van der Waals surface area contributed by atoms with Crippen molar-refractivity contribution in [1.29, 1.82) is 0 Å². The molecule has 0 saturated carbocycles. The Bertz CT molecular complexity index is 472. The standard InChI is InChI=1S/C13H16FNO4/c1-17-13(16)9-4-12(10(14)5-11(9)15)19-7-8-2-3-18-6-8/h4-5,8H,2-3,6-7,15H2,1H3. The molecule has 1 unspecified atom stereocenters. The van der Waals surface area contributed by atoms with Gasteiger partial charge in [-0.3, -0.25) is 0 Å². The molecule has 1 fully saturated rings. The monoisotopic (exact) mass is 269 g/mol. The third-order valence-electron chi connectivity index (χ3n) is 3.01. The van der Waals surface area contributed by atoms with Crippen LogP contribution in [0.3, 0.4) is 0 Å². The number of esters is 1. The van der Waals surface area contributed by atoms with Gasteiger partial charge in [0, 0.05) is 24.3 Å². The normalized spacial score (nSPS) is 18.3. The molecule has 6 heteroatoms. The van der Waals surface area contributed by atoms with Crippen LogP contribution in [-0.4, -0.2) is 32.9 Å². The Morgan fingerprint density at radius 1 is 1.58 bits per heavy atom. The molecule has 0 bridgehead atoms. The van der Waals surface area contributed by atoms with Crippen LogP contribution < -0.4 is 10.5 Å². The first-order valence-corrected chi connectivity index (χ1v) is 5.99. The number of carbonyl (C=O) groups excluding carboxylic acids is 1. The topological polar surface area (TPSA) is 70.8 Å². The maximum atomic E-state index is 13.7. The number of carbonyl (C=O) groups is 1. The lowest BCUT2D eigenvalue weighted by atomic mass is 10.1. The summed E-state index contributed by atoms with van der Waals surface area (Å²) < 4.78 is 28.9. The number of anilines is 1. The second-order valence-corrected chi connectivity index (χ2v) is 4.40. The molecule has 0 aliphatic carbocycles. The molecule has 1 aromatic carbocycles. The van der Waals surface area contributed by atoms with Gasteiger partial charge in [0.25, 0.3) is 0 Å². The van der Waals surface area contributed by atoms with Crippen molar-refractivity contribution in [3.8, 4) is 5.75 Å². The van der Waals surface area contributed by atoms with E-state index in [4.69, 9.17) is 15.2 Å². The molecule has 1 aromatic rings. The minimum absolute atomic E-state index is 0.00139. The number of nitrogens with two attached hydrogens (primary N) is 1. The molecule has 2 N–H and O–H groups in total. The fourth-order valence-electron chi connectivity index (χ4n) is 1.89. The zero-order valence-corrected chi connectivity index (χ0v) is 10.6. The van der Waals surface area contributed by atoms with Crippen molar-refractivity contribution in [1.82, 2.24) is 0 Å². The molecule has 0 amide bonds. The zero-order chi connectivity index (χ0) is 13.8. The average Bonchev–Trinajstić information content (AvgIpc) is 2.90. The molecule has 0 aromatic heterocycles. The molecule has 1 heterocycles. The highest BCUT2D eigenvalue weighted by atomic mass is 19.1. The number of hydrogen-bond acceptors (Lipinski definition) is 5. The van der Waals surface area contributed by atoms with Crippen molar-refractivity contribution in [3.63, 3.8) is 0 Å². The van der Waals surface area contributed by atoms with Crippen molar-refractivity contribution >= 4 is 11.7 Å². The van der Waals surface area contributed by atoms with Crippen LogP contribution in [0.1, 0.15) is 16.8 Å². The van der Waals surface area contributed by atoms with Gasteiger partial charge in [-0.25, -0.2) is 9.18 Å². The van der Waals surface area contributed by atoms with Gasteiger partial charge in [-0.15, -0.1) is 0 Å². The van der Waals surface area contributed by atoms with E-state index in [0.717, 1.165) is 12.5 Å². The van der Waals surface area contributed by atoms with Gasteiger partial charge in [0.2, 0.25) is 0 Å². The van der Waals surface area contributed by atoms with Crippen LogP contribution in [-0.2, 0) is 9.47 Å². The number of halogens is 1. The lowest BCUT2D eigenvalue weighted by molar-refractivity contribution is 0.0601. The van der Waals surface area contributed by atoms with Crippen LogP contribution >= 0.6 is 0 Å². The zero-order valence-electron chi connectivity index (χ0n) is 10.6. The molecule has 1 saturated heterocycles. The van der Waals surface area contributed by atoms with Crippen LogP contribution in [0.2, 0.25) is 0 Å². The summed E-state index contributed by atoms with van der Waals surface area (Å²) in [6.07, 6.45) is 0.889. The lowest BCUT2D eigenvalue weighted by Crippen LogP contribution is -2.13. The van der Waals surface area contributed by atoms with Gasteiger partial charge < -0.3 is 19.9 Å². The predicted octanol–water partition coefficient (Wildman–Crippen LogP) is 1.61. The van der Waals surface area contributed by atoms with E-state index in [9.17, 15) is 9.18 Å². The molecule has 0 radical (unpaired) electrons. The summed E-state index contributed by atoms with van der Waals surface area (Å²) >= 11 is 0.